The van der Waals surface area contributed by atoms with Gasteiger partial charge in [0.05, 0.1) is 5.69 Å². The lowest BCUT2D eigenvalue weighted by molar-refractivity contribution is 0.469. The minimum absolute atomic E-state index is 0.0921. The summed E-state index contributed by atoms with van der Waals surface area (Å²) in [5.41, 5.74) is 1.78. The number of phenols is 1. The van der Waals surface area contributed by atoms with Crippen LogP contribution in [-0.4, -0.2) is 19.2 Å². The molecule has 19 heavy (non-hydrogen) atoms. The van der Waals surface area contributed by atoms with E-state index >= 15 is 0 Å². The van der Waals surface area contributed by atoms with Gasteiger partial charge in [-0.2, -0.15) is 5.11 Å². The van der Waals surface area contributed by atoms with Crippen molar-refractivity contribution in [2.75, 3.05) is 19.0 Å². The predicted molar refractivity (Wildman–Crippen MR) is 73.0 cm³/mol. The maximum Gasteiger partial charge on any atom is 0.154 e. The molecule has 0 unspecified atom stereocenters. The van der Waals surface area contributed by atoms with Gasteiger partial charge in [0.15, 0.2) is 5.82 Å². The number of nitrogens with zero attached hydrogens (tertiary/aromatic N) is 3. The fraction of sp³-hybridized carbons (Fsp3) is 0.143. The van der Waals surface area contributed by atoms with E-state index in [0.717, 1.165) is 11.8 Å². The summed E-state index contributed by atoms with van der Waals surface area (Å²) >= 11 is 0. The van der Waals surface area contributed by atoms with E-state index in [1.807, 2.05) is 31.1 Å². The van der Waals surface area contributed by atoms with E-state index in [2.05, 4.69) is 10.2 Å². The third-order valence-electron chi connectivity index (χ3n) is 2.57. The molecule has 0 aliphatic rings. The molecule has 0 radical (unpaired) electrons. The Labute approximate surface area is 110 Å². The molecule has 0 spiro atoms. The molecule has 0 aliphatic heterocycles. The van der Waals surface area contributed by atoms with E-state index in [0.29, 0.717) is 5.69 Å². The highest BCUT2D eigenvalue weighted by atomic mass is 19.1. The fourth-order valence-corrected chi connectivity index (χ4v) is 1.51. The zero-order valence-corrected chi connectivity index (χ0v) is 10.7. The van der Waals surface area contributed by atoms with Gasteiger partial charge in [0.1, 0.15) is 11.4 Å². The Hall–Kier alpha value is -2.43. The SMILES string of the molecule is CN(C)c1ccc(N=Nc2ccc(O)cc2F)cc1. The normalized spacial score (nSPS) is 10.9. The van der Waals surface area contributed by atoms with Crippen molar-refractivity contribution in [1.29, 1.82) is 0 Å². The van der Waals surface area contributed by atoms with Crippen LogP contribution in [0.3, 0.4) is 0 Å². The zero-order valence-electron chi connectivity index (χ0n) is 10.7. The molecular formula is C14H14FN3O. The molecule has 2 rings (SSSR count). The smallest absolute Gasteiger partial charge is 0.154 e. The zero-order chi connectivity index (χ0) is 13.8. The van der Waals surface area contributed by atoms with E-state index in [9.17, 15) is 4.39 Å². The van der Waals surface area contributed by atoms with Crippen molar-refractivity contribution in [3.63, 3.8) is 0 Å². The van der Waals surface area contributed by atoms with Gasteiger partial charge in [-0.25, -0.2) is 4.39 Å². The fourth-order valence-electron chi connectivity index (χ4n) is 1.51. The molecule has 0 bridgehead atoms. The summed E-state index contributed by atoms with van der Waals surface area (Å²) in [6.45, 7) is 0. The Morgan fingerprint density at radius 1 is 1.00 bits per heavy atom. The first-order chi connectivity index (χ1) is 9.06. The first-order valence-corrected chi connectivity index (χ1v) is 5.74. The number of halogens is 1. The van der Waals surface area contributed by atoms with Crippen molar-refractivity contribution in [2.45, 2.75) is 0 Å². The molecule has 0 fully saturated rings. The second kappa shape index (κ2) is 5.48. The van der Waals surface area contributed by atoms with Crippen molar-refractivity contribution in [1.82, 2.24) is 0 Å². The molecule has 0 atom stereocenters. The van der Waals surface area contributed by atoms with Gasteiger partial charge < -0.3 is 10.0 Å². The van der Waals surface area contributed by atoms with Gasteiger partial charge in [0.25, 0.3) is 0 Å². The number of aromatic hydroxyl groups is 1. The molecule has 0 saturated carbocycles. The molecule has 98 valence electrons. The monoisotopic (exact) mass is 259 g/mol. The Balaban J connectivity index is 2.18. The highest BCUT2D eigenvalue weighted by Gasteiger charge is 2.01. The van der Waals surface area contributed by atoms with Crippen LogP contribution in [0.1, 0.15) is 0 Å². The Morgan fingerprint density at radius 3 is 2.26 bits per heavy atom. The van der Waals surface area contributed by atoms with Crippen LogP contribution < -0.4 is 4.90 Å². The van der Waals surface area contributed by atoms with Gasteiger partial charge in [0.2, 0.25) is 0 Å². The van der Waals surface area contributed by atoms with Crippen molar-refractivity contribution < 1.29 is 9.50 Å². The van der Waals surface area contributed by atoms with Crippen molar-refractivity contribution in [2.24, 2.45) is 10.2 Å². The second-order valence-electron chi connectivity index (χ2n) is 4.25. The Bertz CT molecular complexity index is 594. The van der Waals surface area contributed by atoms with Crippen LogP contribution in [0, 0.1) is 5.82 Å². The third-order valence-corrected chi connectivity index (χ3v) is 2.57. The number of phenolic OH excluding ortho intramolecular Hbond substituents is 1. The summed E-state index contributed by atoms with van der Waals surface area (Å²) in [5, 5.41) is 16.9. The highest BCUT2D eigenvalue weighted by molar-refractivity contribution is 5.52. The first-order valence-electron chi connectivity index (χ1n) is 5.74. The highest BCUT2D eigenvalue weighted by Crippen LogP contribution is 2.25. The van der Waals surface area contributed by atoms with Crippen LogP contribution in [0.2, 0.25) is 0 Å². The van der Waals surface area contributed by atoms with Gasteiger partial charge in [0, 0.05) is 25.8 Å². The number of hydrogen-bond donors (Lipinski definition) is 1. The van der Waals surface area contributed by atoms with Crippen molar-refractivity contribution in [3.05, 3.63) is 48.3 Å². The number of benzene rings is 2. The van der Waals surface area contributed by atoms with Crippen LogP contribution in [-0.2, 0) is 0 Å². The summed E-state index contributed by atoms with van der Waals surface area (Å²) in [4.78, 5) is 1.97. The summed E-state index contributed by atoms with van der Waals surface area (Å²) in [5.74, 6) is -0.736. The van der Waals surface area contributed by atoms with Gasteiger partial charge in [-0.15, -0.1) is 5.11 Å². The van der Waals surface area contributed by atoms with Crippen LogP contribution in [0.25, 0.3) is 0 Å². The summed E-state index contributed by atoms with van der Waals surface area (Å²) < 4.78 is 13.4. The quantitative estimate of drug-likeness (QED) is 0.846. The number of anilines is 1. The molecule has 0 heterocycles. The average Bonchev–Trinajstić information content (AvgIpc) is 2.38. The van der Waals surface area contributed by atoms with Crippen molar-refractivity contribution in [3.8, 4) is 5.75 Å². The van der Waals surface area contributed by atoms with E-state index < -0.39 is 5.82 Å². The van der Waals surface area contributed by atoms with E-state index in [-0.39, 0.29) is 11.4 Å². The van der Waals surface area contributed by atoms with Crippen LogP contribution in [0.5, 0.6) is 5.75 Å². The maximum absolute atomic E-state index is 13.4. The maximum atomic E-state index is 13.4. The molecule has 4 nitrogen and oxygen atoms in total. The lowest BCUT2D eigenvalue weighted by atomic mass is 10.3. The predicted octanol–water partition coefficient (Wildman–Crippen LogP) is 4.01. The van der Waals surface area contributed by atoms with E-state index in [1.165, 1.54) is 12.1 Å². The molecule has 5 heteroatoms. The average molecular weight is 259 g/mol. The van der Waals surface area contributed by atoms with Gasteiger partial charge in [-0.05, 0) is 36.4 Å². The molecule has 0 aliphatic carbocycles. The molecule has 0 aromatic heterocycles. The molecule has 2 aromatic carbocycles. The summed E-state index contributed by atoms with van der Waals surface area (Å²) in [6.07, 6.45) is 0. The summed E-state index contributed by atoms with van der Waals surface area (Å²) in [7, 11) is 3.89. The van der Waals surface area contributed by atoms with Gasteiger partial charge >= 0.3 is 0 Å². The number of hydrogen-bond acceptors (Lipinski definition) is 4. The van der Waals surface area contributed by atoms with E-state index in [1.54, 1.807) is 12.1 Å². The van der Waals surface area contributed by atoms with Crippen LogP contribution in [0.4, 0.5) is 21.5 Å². The summed E-state index contributed by atoms with van der Waals surface area (Å²) in [6, 6.07) is 11.2. The van der Waals surface area contributed by atoms with Gasteiger partial charge in [-0.3, -0.25) is 0 Å². The lowest BCUT2D eigenvalue weighted by Gasteiger charge is -2.11. The topological polar surface area (TPSA) is 48.2 Å². The molecule has 2 aromatic rings. The third kappa shape index (κ3) is 3.28. The van der Waals surface area contributed by atoms with E-state index in [4.69, 9.17) is 5.11 Å². The van der Waals surface area contributed by atoms with Gasteiger partial charge in [-0.1, -0.05) is 0 Å². The van der Waals surface area contributed by atoms with Crippen molar-refractivity contribution >= 4 is 17.1 Å². The molecular weight excluding hydrogens is 245 g/mol. The number of rotatable bonds is 3. The number of azo groups is 1. The first kappa shape index (κ1) is 13.0. The van der Waals surface area contributed by atoms with Crippen LogP contribution in [0.15, 0.2) is 52.7 Å². The lowest BCUT2D eigenvalue weighted by Crippen LogP contribution is -2.07. The standard InChI is InChI=1S/C14H14FN3O/c1-18(2)11-5-3-10(4-6-11)16-17-14-8-7-12(19)9-13(14)15/h3-9,19H,1-2H3. The largest absolute Gasteiger partial charge is 0.508 e. The molecule has 0 saturated heterocycles. The Kier molecular flexibility index (Phi) is 3.75. The minimum Gasteiger partial charge on any atom is -0.508 e. The molecule has 1 N–H and O–H groups in total. The Morgan fingerprint density at radius 2 is 1.68 bits per heavy atom. The molecule has 0 amide bonds. The van der Waals surface area contributed by atoms with Crippen LogP contribution >= 0.6 is 0 Å². The second-order valence-corrected chi connectivity index (χ2v) is 4.25. The minimum atomic E-state index is -0.603.